The zero-order valence-electron chi connectivity index (χ0n) is 28.8. The fourth-order valence-corrected chi connectivity index (χ4v) is 4.55. The van der Waals surface area contributed by atoms with Gasteiger partial charge in [0.25, 0.3) is 0 Å². The summed E-state index contributed by atoms with van der Waals surface area (Å²) in [4.78, 5) is 14.5. The first-order valence-electron chi connectivity index (χ1n) is 15.9. The van der Waals surface area contributed by atoms with Gasteiger partial charge in [0.2, 0.25) is 0 Å². The highest BCUT2D eigenvalue weighted by atomic mass is 16.7. The van der Waals surface area contributed by atoms with E-state index < -0.39 is 0 Å². The molecule has 6 rings (SSSR count). The van der Waals surface area contributed by atoms with Crippen LogP contribution in [0.1, 0.15) is 71.3 Å². The van der Waals surface area contributed by atoms with Gasteiger partial charge in [0.15, 0.2) is 0 Å². The van der Waals surface area contributed by atoms with Gasteiger partial charge in [0.05, 0.1) is 28.1 Å². The van der Waals surface area contributed by atoms with E-state index in [4.69, 9.17) is 24.4 Å². The molecule has 244 valence electrons. The van der Waals surface area contributed by atoms with E-state index in [2.05, 4.69) is 32.7 Å². The van der Waals surface area contributed by atoms with Crippen molar-refractivity contribution in [3.05, 3.63) is 120 Å². The molecule has 0 amide bonds. The van der Waals surface area contributed by atoms with E-state index >= 15 is 0 Å². The predicted molar refractivity (Wildman–Crippen MR) is 194 cm³/mol. The zero-order chi connectivity index (χ0) is 34.3. The molecule has 0 spiro atoms. The van der Waals surface area contributed by atoms with Gasteiger partial charge in [0, 0.05) is 17.5 Å². The maximum Gasteiger partial charge on any atom is 0.494 e. The molecule has 0 aliphatic carbocycles. The summed E-state index contributed by atoms with van der Waals surface area (Å²) in [6.45, 7) is 16.4. The van der Waals surface area contributed by atoms with E-state index in [1.807, 2.05) is 131 Å². The maximum atomic E-state index is 10.0. The molecule has 0 atom stereocenters. The van der Waals surface area contributed by atoms with Crippen LogP contribution < -0.4 is 16.7 Å². The standard InChI is InChI=1S/C19H22BNO2.C12H18BNO2.C7H6O/c1-18(2)19(3,4)23-20(22-18)16-10-12-17(13-11-16)21-14-15-8-6-5-7-9-15;1-11(2)12(3,4)16-13(15-11)9-5-7-10(14)8-6-9;8-6-7-4-2-1-3-5-7/h5-14H,1-4H3;5-8H,14H2,1-4H3;1-6H. The fraction of sp³-hybridized carbons (Fsp3) is 0.316. The van der Waals surface area contributed by atoms with Crippen molar-refractivity contribution in [3.8, 4) is 0 Å². The number of benzene rings is 4. The zero-order valence-corrected chi connectivity index (χ0v) is 28.8. The second kappa shape index (κ2) is 14.8. The highest BCUT2D eigenvalue weighted by molar-refractivity contribution is 6.62. The Labute approximate surface area is 280 Å². The largest absolute Gasteiger partial charge is 0.494 e. The van der Waals surface area contributed by atoms with Crippen LogP contribution in [0.15, 0.2) is 114 Å². The van der Waals surface area contributed by atoms with Gasteiger partial charge in [-0.2, -0.15) is 0 Å². The highest BCUT2D eigenvalue weighted by Crippen LogP contribution is 2.37. The molecule has 4 aromatic rings. The molecule has 9 heteroatoms. The van der Waals surface area contributed by atoms with Gasteiger partial charge in [-0.3, -0.25) is 9.79 Å². The van der Waals surface area contributed by atoms with Crippen LogP contribution >= 0.6 is 0 Å². The SMILES string of the molecule is CC1(C)OB(c2ccc(N)cc2)OC1(C)C.CC1(C)OB(c2ccc(N=Cc3ccccc3)cc2)OC1(C)C.O=Cc1ccccc1. The Balaban J connectivity index is 0.000000180. The number of anilines is 1. The highest BCUT2D eigenvalue weighted by Gasteiger charge is 2.52. The van der Waals surface area contributed by atoms with E-state index in [-0.39, 0.29) is 36.6 Å². The first kappa shape index (κ1) is 35.8. The molecule has 2 saturated heterocycles. The Morgan fingerprint density at radius 2 is 0.894 bits per heavy atom. The summed E-state index contributed by atoms with van der Waals surface area (Å²) in [5.41, 5.74) is 9.93. The molecule has 2 aliphatic rings. The van der Waals surface area contributed by atoms with Crippen molar-refractivity contribution in [3.63, 3.8) is 0 Å². The summed E-state index contributed by atoms with van der Waals surface area (Å²) in [5.74, 6) is 0. The molecule has 2 N–H and O–H groups in total. The Morgan fingerprint density at radius 1 is 0.532 bits per heavy atom. The van der Waals surface area contributed by atoms with Gasteiger partial charge < -0.3 is 24.4 Å². The van der Waals surface area contributed by atoms with Crippen molar-refractivity contribution < 1.29 is 23.4 Å². The van der Waals surface area contributed by atoms with Crippen LogP contribution in [0.2, 0.25) is 0 Å². The number of hydrogen-bond acceptors (Lipinski definition) is 7. The Bertz CT molecular complexity index is 1580. The third-order valence-corrected chi connectivity index (χ3v) is 8.98. The molecule has 0 unspecified atom stereocenters. The van der Waals surface area contributed by atoms with Crippen molar-refractivity contribution in [2.24, 2.45) is 4.99 Å². The fourth-order valence-electron chi connectivity index (χ4n) is 4.55. The van der Waals surface area contributed by atoms with Crippen LogP contribution in [0.4, 0.5) is 11.4 Å². The lowest BCUT2D eigenvalue weighted by Crippen LogP contribution is -2.41. The maximum absolute atomic E-state index is 10.0. The molecule has 0 radical (unpaired) electrons. The average Bonchev–Trinajstić information content (AvgIpc) is 3.41. The minimum absolute atomic E-state index is 0.293. The molecule has 7 nitrogen and oxygen atoms in total. The van der Waals surface area contributed by atoms with Gasteiger partial charge in [-0.05, 0) is 96.1 Å². The summed E-state index contributed by atoms with van der Waals surface area (Å²) in [5, 5.41) is 0. The molecule has 47 heavy (non-hydrogen) atoms. The third kappa shape index (κ3) is 9.30. The van der Waals surface area contributed by atoms with Gasteiger partial charge in [0.1, 0.15) is 6.29 Å². The Hall–Kier alpha value is -4.01. The van der Waals surface area contributed by atoms with Crippen LogP contribution in [0.25, 0.3) is 0 Å². The topological polar surface area (TPSA) is 92.4 Å². The monoisotopic (exact) mass is 632 g/mol. The molecule has 4 aromatic carbocycles. The van der Waals surface area contributed by atoms with Gasteiger partial charge in [-0.1, -0.05) is 84.9 Å². The second-order valence-corrected chi connectivity index (χ2v) is 13.6. The third-order valence-electron chi connectivity index (χ3n) is 8.98. The first-order chi connectivity index (χ1) is 22.1. The molecule has 2 aliphatic heterocycles. The second-order valence-electron chi connectivity index (χ2n) is 13.6. The first-order valence-corrected chi connectivity index (χ1v) is 15.9. The number of nitrogens with zero attached hydrogens (tertiary/aromatic N) is 1. The Kier molecular flexibility index (Phi) is 11.3. The minimum atomic E-state index is -0.327. The van der Waals surface area contributed by atoms with Crippen molar-refractivity contribution >= 4 is 49.0 Å². The number of aliphatic imine (C=N–C) groups is 1. The molecule has 2 fully saturated rings. The number of rotatable bonds is 5. The number of nitrogen functional groups attached to an aromatic ring is 1. The smallest absolute Gasteiger partial charge is 0.399 e. The molecule has 0 bridgehead atoms. The van der Waals surface area contributed by atoms with Crippen LogP contribution in [0.5, 0.6) is 0 Å². The van der Waals surface area contributed by atoms with Crippen molar-refractivity contribution in [1.82, 2.24) is 0 Å². The lowest BCUT2D eigenvalue weighted by molar-refractivity contribution is 0.00578. The quantitative estimate of drug-likeness (QED) is 0.113. The molecular weight excluding hydrogens is 586 g/mol. The number of aldehydes is 1. The molecule has 0 saturated carbocycles. The number of carbonyl (C=O) groups is 1. The van der Waals surface area contributed by atoms with Crippen molar-refractivity contribution in [2.45, 2.75) is 77.8 Å². The van der Waals surface area contributed by atoms with Gasteiger partial charge in [-0.25, -0.2) is 0 Å². The summed E-state index contributed by atoms with van der Waals surface area (Å²) in [7, 11) is -0.627. The number of carbonyl (C=O) groups excluding carboxylic acids is 1. The van der Waals surface area contributed by atoms with Crippen molar-refractivity contribution in [2.75, 3.05) is 5.73 Å². The van der Waals surface area contributed by atoms with E-state index in [0.717, 1.165) is 39.7 Å². The molecule has 0 aromatic heterocycles. The van der Waals surface area contributed by atoms with E-state index in [9.17, 15) is 4.79 Å². The van der Waals surface area contributed by atoms with Crippen molar-refractivity contribution in [1.29, 1.82) is 0 Å². The number of nitrogens with two attached hydrogens (primary N) is 1. The summed E-state index contributed by atoms with van der Waals surface area (Å²) in [6, 6.07) is 34.8. The van der Waals surface area contributed by atoms with Crippen LogP contribution in [-0.4, -0.2) is 49.1 Å². The van der Waals surface area contributed by atoms with Crippen LogP contribution in [0.3, 0.4) is 0 Å². The summed E-state index contributed by atoms with van der Waals surface area (Å²) < 4.78 is 24.0. The lowest BCUT2D eigenvalue weighted by Gasteiger charge is -2.32. The van der Waals surface area contributed by atoms with Gasteiger partial charge in [-0.15, -0.1) is 0 Å². The van der Waals surface area contributed by atoms with E-state index in [0.29, 0.717) is 0 Å². The molecular formula is C38H46B2N2O5. The van der Waals surface area contributed by atoms with E-state index in [1.165, 1.54) is 0 Å². The predicted octanol–water partition coefficient (Wildman–Crippen LogP) is 6.80. The average molecular weight is 632 g/mol. The normalized spacial score (nSPS) is 18.6. The van der Waals surface area contributed by atoms with Crippen LogP contribution in [-0.2, 0) is 18.6 Å². The van der Waals surface area contributed by atoms with Gasteiger partial charge >= 0.3 is 14.2 Å². The Morgan fingerprint density at radius 3 is 1.26 bits per heavy atom. The summed E-state index contributed by atoms with van der Waals surface area (Å²) >= 11 is 0. The van der Waals surface area contributed by atoms with Crippen LogP contribution in [0, 0.1) is 0 Å². The minimum Gasteiger partial charge on any atom is -0.399 e. The summed E-state index contributed by atoms with van der Waals surface area (Å²) in [6.07, 6.45) is 2.70. The molecule has 2 heterocycles. The lowest BCUT2D eigenvalue weighted by atomic mass is 9.79. The number of hydrogen-bond donors (Lipinski definition) is 1. The van der Waals surface area contributed by atoms with E-state index in [1.54, 1.807) is 12.1 Å².